The molecule has 0 unspecified atom stereocenters. The van der Waals surface area contributed by atoms with Gasteiger partial charge < -0.3 is 10.5 Å². The molecule has 0 aromatic heterocycles. The highest BCUT2D eigenvalue weighted by Crippen LogP contribution is 2.50. The van der Waals surface area contributed by atoms with Gasteiger partial charge in [-0.15, -0.1) is 12.4 Å². The Balaban J connectivity index is 0.000000500. The molecule has 3 aliphatic rings. The summed E-state index contributed by atoms with van der Waals surface area (Å²) in [6.07, 6.45) is 2.33. The molecule has 60 valence electrons. The van der Waals surface area contributed by atoms with Gasteiger partial charge in [-0.2, -0.15) is 0 Å². The van der Waals surface area contributed by atoms with Gasteiger partial charge in [0, 0.05) is 5.54 Å². The minimum atomic E-state index is 0. The Morgan fingerprint density at radius 3 is 2.20 bits per heavy atom. The maximum absolute atomic E-state index is 5.90. The lowest BCUT2D eigenvalue weighted by Gasteiger charge is -2.56. The third-order valence-electron chi connectivity index (χ3n) is 2.40. The van der Waals surface area contributed by atoms with Crippen molar-refractivity contribution in [3.05, 3.63) is 0 Å². The lowest BCUT2D eigenvalue weighted by Crippen LogP contribution is -2.65. The SMILES string of the molecule is CC12COCC(N)(C1)C2.Cl. The molecule has 1 aliphatic carbocycles. The van der Waals surface area contributed by atoms with Crippen LogP contribution in [0.25, 0.3) is 0 Å². The number of rotatable bonds is 0. The van der Waals surface area contributed by atoms with Crippen molar-refractivity contribution in [2.75, 3.05) is 13.2 Å². The molecule has 0 aromatic rings. The molecule has 1 saturated carbocycles. The van der Waals surface area contributed by atoms with Gasteiger partial charge in [-0.05, 0) is 18.3 Å². The Morgan fingerprint density at radius 2 is 1.90 bits per heavy atom. The van der Waals surface area contributed by atoms with Crippen LogP contribution in [0.4, 0.5) is 0 Å². The molecule has 0 aromatic carbocycles. The van der Waals surface area contributed by atoms with E-state index in [1.54, 1.807) is 0 Å². The van der Waals surface area contributed by atoms with Crippen molar-refractivity contribution in [2.45, 2.75) is 25.3 Å². The van der Waals surface area contributed by atoms with Crippen LogP contribution >= 0.6 is 12.4 Å². The fourth-order valence-electron chi connectivity index (χ4n) is 2.35. The molecule has 3 heteroatoms. The van der Waals surface area contributed by atoms with E-state index < -0.39 is 0 Å². The van der Waals surface area contributed by atoms with Crippen molar-refractivity contribution in [1.82, 2.24) is 0 Å². The van der Waals surface area contributed by atoms with Crippen LogP contribution in [0.5, 0.6) is 0 Å². The second-order valence-corrected chi connectivity index (χ2v) is 4.02. The predicted molar refractivity (Wildman–Crippen MR) is 42.3 cm³/mol. The van der Waals surface area contributed by atoms with Gasteiger partial charge in [0.1, 0.15) is 0 Å². The van der Waals surface area contributed by atoms with E-state index in [0.29, 0.717) is 5.41 Å². The molecule has 2 heterocycles. The van der Waals surface area contributed by atoms with E-state index in [-0.39, 0.29) is 17.9 Å². The average molecular weight is 164 g/mol. The zero-order chi connectivity index (χ0) is 6.54. The maximum Gasteiger partial charge on any atom is 0.0646 e. The van der Waals surface area contributed by atoms with Crippen LogP contribution in [0.15, 0.2) is 0 Å². The molecule has 0 amide bonds. The van der Waals surface area contributed by atoms with Crippen molar-refractivity contribution < 1.29 is 4.74 Å². The summed E-state index contributed by atoms with van der Waals surface area (Å²) >= 11 is 0. The molecule has 2 bridgehead atoms. The largest absolute Gasteiger partial charge is 0.379 e. The first-order chi connectivity index (χ1) is 4.12. The number of ether oxygens (including phenoxy) is 1. The van der Waals surface area contributed by atoms with Crippen LogP contribution in [0, 0.1) is 5.41 Å². The molecular formula is C7H14ClNO. The van der Waals surface area contributed by atoms with E-state index in [0.717, 1.165) is 13.2 Å². The molecule has 2 nitrogen and oxygen atoms in total. The van der Waals surface area contributed by atoms with Crippen LogP contribution in [0.2, 0.25) is 0 Å². The minimum absolute atomic E-state index is 0. The fraction of sp³-hybridized carbons (Fsp3) is 1.00. The Labute approximate surface area is 67.5 Å². The normalized spacial score (nSPS) is 51.0. The summed E-state index contributed by atoms with van der Waals surface area (Å²) in [5, 5.41) is 0. The monoisotopic (exact) mass is 163 g/mol. The molecule has 2 N–H and O–H groups in total. The quantitative estimate of drug-likeness (QED) is 0.577. The zero-order valence-electron chi connectivity index (χ0n) is 6.22. The summed E-state index contributed by atoms with van der Waals surface area (Å²) < 4.78 is 5.31. The number of nitrogens with two attached hydrogens (primary N) is 1. The lowest BCUT2D eigenvalue weighted by molar-refractivity contribution is -0.136. The molecule has 2 aliphatic heterocycles. The predicted octanol–water partition coefficient (Wildman–Crippen LogP) is 0.936. The Bertz CT molecular complexity index is 129. The molecule has 0 atom stereocenters. The van der Waals surface area contributed by atoms with E-state index in [1.807, 2.05) is 0 Å². The van der Waals surface area contributed by atoms with Crippen LogP contribution in [-0.2, 0) is 4.74 Å². The van der Waals surface area contributed by atoms with E-state index in [4.69, 9.17) is 10.5 Å². The second-order valence-electron chi connectivity index (χ2n) is 4.02. The second kappa shape index (κ2) is 2.10. The summed E-state index contributed by atoms with van der Waals surface area (Å²) in [5.41, 5.74) is 6.40. The highest BCUT2D eigenvalue weighted by atomic mass is 35.5. The van der Waals surface area contributed by atoms with Gasteiger partial charge in [-0.1, -0.05) is 6.92 Å². The summed E-state index contributed by atoms with van der Waals surface area (Å²) in [4.78, 5) is 0. The molecule has 0 radical (unpaired) electrons. The van der Waals surface area contributed by atoms with Gasteiger partial charge in [-0.25, -0.2) is 0 Å². The van der Waals surface area contributed by atoms with E-state index in [9.17, 15) is 0 Å². The first kappa shape index (κ1) is 8.31. The number of hydrogen-bond donors (Lipinski definition) is 1. The Kier molecular flexibility index (Phi) is 1.74. The van der Waals surface area contributed by atoms with Gasteiger partial charge in [-0.3, -0.25) is 0 Å². The maximum atomic E-state index is 5.90. The van der Waals surface area contributed by atoms with Crippen molar-refractivity contribution in [1.29, 1.82) is 0 Å². The van der Waals surface area contributed by atoms with Gasteiger partial charge in [0.2, 0.25) is 0 Å². The highest BCUT2D eigenvalue weighted by Gasteiger charge is 2.53. The van der Waals surface area contributed by atoms with E-state index >= 15 is 0 Å². The summed E-state index contributed by atoms with van der Waals surface area (Å²) in [6.45, 7) is 3.95. The van der Waals surface area contributed by atoms with Crippen LogP contribution < -0.4 is 5.73 Å². The Hall–Kier alpha value is 0.210. The van der Waals surface area contributed by atoms with Crippen molar-refractivity contribution in [2.24, 2.45) is 11.1 Å². The molecule has 3 fully saturated rings. The molecule has 2 saturated heterocycles. The van der Waals surface area contributed by atoms with Crippen molar-refractivity contribution in [3.8, 4) is 0 Å². The van der Waals surface area contributed by atoms with Gasteiger partial charge in [0.25, 0.3) is 0 Å². The first-order valence-corrected chi connectivity index (χ1v) is 3.49. The summed E-state index contributed by atoms with van der Waals surface area (Å²) in [7, 11) is 0. The smallest absolute Gasteiger partial charge is 0.0646 e. The van der Waals surface area contributed by atoms with Gasteiger partial charge in [0.05, 0.1) is 13.2 Å². The number of fused-ring (bicyclic) bond motifs is 2. The van der Waals surface area contributed by atoms with Crippen molar-refractivity contribution >= 4 is 12.4 Å². The topological polar surface area (TPSA) is 35.2 Å². The van der Waals surface area contributed by atoms with Crippen LogP contribution in [0.1, 0.15) is 19.8 Å². The highest BCUT2D eigenvalue weighted by molar-refractivity contribution is 5.85. The molecule has 0 spiro atoms. The number of halogens is 1. The van der Waals surface area contributed by atoms with Crippen molar-refractivity contribution in [3.63, 3.8) is 0 Å². The van der Waals surface area contributed by atoms with Crippen LogP contribution in [-0.4, -0.2) is 18.8 Å². The molecular weight excluding hydrogens is 150 g/mol. The minimum Gasteiger partial charge on any atom is -0.379 e. The third kappa shape index (κ3) is 1.04. The number of hydrogen-bond acceptors (Lipinski definition) is 2. The lowest BCUT2D eigenvalue weighted by atomic mass is 9.58. The Morgan fingerprint density at radius 1 is 1.30 bits per heavy atom. The van der Waals surface area contributed by atoms with Crippen LogP contribution in [0.3, 0.4) is 0 Å². The summed E-state index contributed by atoms with van der Waals surface area (Å²) in [5.74, 6) is 0. The standard InChI is InChI=1S/C7H13NO.ClH/c1-6-2-7(8,3-6)5-9-4-6;/h2-5,8H2,1H3;1H. The fourth-order valence-corrected chi connectivity index (χ4v) is 2.35. The van der Waals surface area contributed by atoms with Gasteiger partial charge in [0.15, 0.2) is 0 Å². The van der Waals surface area contributed by atoms with E-state index in [2.05, 4.69) is 6.92 Å². The zero-order valence-corrected chi connectivity index (χ0v) is 7.04. The summed E-state index contributed by atoms with van der Waals surface area (Å²) in [6, 6.07) is 0. The van der Waals surface area contributed by atoms with E-state index in [1.165, 1.54) is 12.8 Å². The third-order valence-corrected chi connectivity index (χ3v) is 2.40. The van der Waals surface area contributed by atoms with Gasteiger partial charge >= 0.3 is 0 Å². The molecule has 10 heavy (non-hydrogen) atoms. The first-order valence-electron chi connectivity index (χ1n) is 3.49. The average Bonchev–Trinajstić information content (AvgIpc) is 1.59. The molecule has 3 rings (SSSR count).